The number of nitrogens with two attached hydrogens (primary N) is 1. The van der Waals surface area contributed by atoms with Crippen LogP contribution < -0.4 is 5.73 Å². The van der Waals surface area contributed by atoms with Gasteiger partial charge in [0, 0.05) is 6.04 Å². The molecule has 1 aromatic rings. The molecule has 0 aromatic heterocycles. The van der Waals surface area contributed by atoms with E-state index >= 15 is 0 Å². The zero-order valence-electron chi connectivity index (χ0n) is 9.23. The molecular weight excluding hydrogens is 158 g/mol. The van der Waals surface area contributed by atoms with Crippen molar-refractivity contribution in [3.63, 3.8) is 0 Å². The van der Waals surface area contributed by atoms with E-state index in [0.29, 0.717) is 0 Å². The Balaban J connectivity index is 3.46. The minimum absolute atomic E-state index is 0.138. The summed E-state index contributed by atoms with van der Waals surface area (Å²) in [7, 11) is 0. The van der Waals surface area contributed by atoms with Crippen molar-refractivity contribution in [3.05, 3.63) is 33.9 Å². The van der Waals surface area contributed by atoms with E-state index < -0.39 is 0 Å². The van der Waals surface area contributed by atoms with Gasteiger partial charge in [0.15, 0.2) is 0 Å². The first kappa shape index (κ1) is 10.3. The Bertz CT molecular complexity index is 298. The molecule has 1 aromatic carbocycles. The fourth-order valence-corrected chi connectivity index (χ4v) is 1.93. The van der Waals surface area contributed by atoms with Gasteiger partial charge in [-0.25, -0.2) is 0 Å². The van der Waals surface area contributed by atoms with Gasteiger partial charge in [0.25, 0.3) is 0 Å². The smallest absolute Gasteiger partial charge is 0.0271 e. The number of aryl methyl sites for hydroxylation is 2. The van der Waals surface area contributed by atoms with Gasteiger partial charge in [0.2, 0.25) is 0 Å². The molecule has 0 saturated heterocycles. The number of benzene rings is 1. The van der Waals surface area contributed by atoms with Crippen LogP contribution in [-0.4, -0.2) is 0 Å². The maximum Gasteiger partial charge on any atom is 0.0271 e. The molecule has 13 heavy (non-hydrogen) atoms. The molecule has 0 saturated carbocycles. The highest BCUT2D eigenvalue weighted by Gasteiger charge is 2.10. The van der Waals surface area contributed by atoms with Crippen molar-refractivity contribution in [1.29, 1.82) is 0 Å². The monoisotopic (exact) mass is 177 g/mol. The van der Waals surface area contributed by atoms with Gasteiger partial charge in [-0.2, -0.15) is 0 Å². The van der Waals surface area contributed by atoms with Gasteiger partial charge in [-0.3, -0.25) is 0 Å². The molecule has 0 aliphatic rings. The highest BCUT2D eigenvalue weighted by Crippen LogP contribution is 2.25. The van der Waals surface area contributed by atoms with Crippen molar-refractivity contribution in [1.82, 2.24) is 0 Å². The molecule has 0 spiro atoms. The minimum Gasteiger partial charge on any atom is -0.324 e. The van der Waals surface area contributed by atoms with Gasteiger partial charge in [0.05, 0.1) is 0 Å². The van der Waals surface area contributed by atoms with Crippen LogP contribution in [0.2, 0.25) is 0 Å². The minimum atomic E-state index is 0.138. The lowest BCUT2D eigenvalue weighted by Gasteiger charge is -2.17. The van der Waals surface area contributed by atoms with Crippen LogP contribution in [0, 0.1) is 27.7 Å². The van der Waals surface area contributed by atoms with Gasteiger partial charge >= 0.3 is 0 Å². The van der Waals surface area contributed by atoms with E-state index in [0.717, 1.165) is 0 Å². The Morgan fingerprint density at radius 1 is 1.00 bits per heavy atom. The first-order valence-corrected chi connectivity index (χ1v) is 4.78. The second-order valence-electron chi connectivity index (χ2n) is 3.96. The Kier molecular flexibility index (Phi) is 2.77. The molecule has 0 heterocycles. The summed E-state index contributed by atoms with van der Waals surface area (Å²) < 4.78 is 0. The second-order valence-corrected chi connectivity index (χ2v) is 3.96. The Labute approximate surface area is 81.0 Å². The maximum absolute atomic E-state index is 5.95. The van der Waals surface area contributed by atoms with E-state index in [1.165, 1.54) is 27.8 Å². The summed E-state index contributed by atoms with van der Waals surface area (Å²) in [5, 5.41) is 0. The molecule has 1 nitrogen and oxygen atoms in total. The third-order valence-electron chi connectivity index (χ3n) is 2.88. The lowest BCUT2D eigenvalue weighted by molar-refractivity contribution is 0.797. The molecule has 0 bridgehead atoms. The zero-order chi connectivity index (χ0) is 10.2. The molecule has 1 unspecified atom stereocenters. The molecule has 1 rings (SSSR count). The summed E-state index contributed by atoms with van der Waals surface area (Å²) >= 11 is 0. The number of hydrogen-bond donors (Lipinski definition) is 1. The van der Waals surface area contributed by atoms with Crippen LogP contribution >= 0.6 is 0 Å². The van der Waals surface area contributed by atoms with Crippen molar-refractivity contribution < 1.29 is 0 Å². The molecule has 0 fully saturated rings. The third kappa shape index (κ3) is 1.75. The SMILES string of the molecule is Cc1cc(C)c(C)c(C(C)N)c1C. The van der Waals surface area contributed by atoms with Crippen molar-refractivity contribution in [2.45, 2.75) is 40.7 Å². The van der Waals surface area contributed by atoms with E-state index in [9.17, 15) is 0 Å². The predicted molar refractivity (Wildman–Crippen MR) is 58.0 cm³/mol. The first-order valence-electron chi connectivity index (χ1n) is 4.78. The average molecular weight is 177 g/mol. The fraction of sp³-hybridized carbons (Fsp3) is 0.500. The molecule has 72 valence electrons. The molecular formula is C12H19N. The van der Waals surface area contributed by atoms with Crippen LogP contribution in [0.3, 0.4) is 0 Å². The van der Waals surface area contributed by atoms with Crippen LogP contribution in [0.15, 0.2) is 6.07 Å². The number of hydrogen-bond acceptors (Lipinski definition) is 1. The van der Waals surface area contributed by atoms with Gasteiger partial charge in [-0.05, 0) is 62.4 Å². The second kappa shape index (κ2) is 3.51. The maximum atomic E-state index is 5.95. The van der Waals surface area contributed by atoms with E-state index in [-0.39, 0.29) is 6.04 Å². The van der Waals surface area contributed by atoms with E-state index in [2.05, 4.69) is 33.8 Å². The summed E-state index contributed by atoms with van der Waals surface area (Å²) in [5.74, 6) is 0. The molecule has 1 atom stereocenters. The third-order valence-corrected chi connectivity index (χ3v) is 2.88. The van der Waals surface area contributed by atoms with Gasteiger partial charge in [-0.15, -0.1) is 0 Å². The van der Waals surface area contributed by atoms with E-state index in [1.807, 2.05) is 6.92 Å². The summed E-state index contributed by atoms with van der Waals surface area (Å²) in [5.41, 5.74) is 12.6. The van der Waals surface area contributed by atoms with Crippen LogP contribution in [0.1, 0.15) is 40.8 Å². The molecule has 1 heteroatoms. The Morgan fingerprint density at radius 2 is 1.38 bits per heavy atom. The normalized spacial score (nSPS) is 13.1. The van der Waals surface area contributed by atoms with E-state index in [1.54, 1.807) is 0 Å². The topological polar surface area (TPSA) is 26.0 Å². The summed E-state index contributed by atoms with van der Waals surface area (Å²) in [4.78, 5) is 0. The van der Waals surface area contributed by atoms with Crippen LogP contribution in [0.4, 0.5) is 0 Å². The molecule has 0 aliphatic carbocycles. The predicted octanol–water partition coefficient (Wildman–Crippen LogP) is 2.94. The molecule has 0 radical (unpaired) electrons. The fourth-order valence-electron chi connectivity index (χ4n) is 1.93. The number of rotatable bonds is 1. The summed E-state index contributed by atoms with van der Waals surface area (Å²) in [6.45, 7) is 10.6. The van der Waals surface area contributed by atoms with Crippen LogP contribution in [-0.2, 0) is 0 Å². The lowest BCUT2D eigenvalue weighted by atomic mass is 9.91. The van der Waals surface area contributed by atoms with Crippen LogP contribution in [0.5, 0.6) is 0 Å². The van der Waals surface area contributed by atoms with Gasteiger partial charge < -0.3 is 5.73 Å². The standard InChI is InChI=1S/C12H19N/c1-7-6-8(2)10(4)12(9(7)3)11(5)13/h6,11H,13H2,1-5H3. The molecule has 2 N–H and O–H groups in total. The Hall–Kier alpha value is -0.820. The first-order chi connectivity index (χ1) is 5.95. The largest absolute Gasteiger partial charge is 0.324 e. The quantitative estimate of drug-likeness (QED) is 0.701. The van der Waals surface area contributed by atoms with Crippen molar-refractivity contribution in [2.75, 3.05) is 0 Å². The van der Waals surface area contributed by atoms with Gasteiger partial charge in [0.1, 0.15) is 0 Å². The van der Waals surface area contributed by atoms with Gasteiger partial charge in [-0.1, -0.05) is 6.07 Å². The summed E-state index contributed by atoms with van der Waals surface area (Å²) in [6.07, 6.45) is 0. The Morgan fingerprint density at radius 3 is 1.69 bits per heavy atom. The average Bonchev–Trinajstić information content (AvgIpc) is 2.01. The van der Waals surface area contributed by atoms with Crippen LogP contribution in [0.25, 0.3) is 0 Å². The highest BCUT2D eigenvalue weighted by molar-refractivity contribution is 5.45. The lowest BCUT2D eigenvalue weighted by Crippen LogP contribution is -2.11. The molecule has 0 amide bonds. The zero-order valence-corrected chi connectivity index (χ0v) is 9.23. The van der Waals surface area contributed by atoms with Crippen molar-refractivity contribution in [2.24, 2.45) is 5.73 Å². The molecule has 0 aliphatic heterocycles. The van der Waals surface area contributed by atoms with Crippen molar-refractivity contribution in [3.8, 4) is 0 Å². The highest BCUT2D eigenvalue weighted by atomic mass is 14.6. The van der Waals surface area contributed by atoms with Crippen molar-refractivity contribution >= 4 is 0 Å². The summed E-state index contributed by atoms with van der Waals surface area (Å²) in [6, 6.07) is 2.37. The van der Waals surface area contributed by atoms with E-state index in [4.69, 9.17) is 5.73 Å².